The summed E-state index contributed by atoms with van der Waals surface area (Å²) in [4.78, 5) is 12.0. The fourth-order valence-electron chi connectivity index (χ4n) is 2.06. The van der Waals surface area contributed by atoms with Crippen molar-refractivity contribution >= 4 is 5.78 Å². The summed E-state index contributed by atoms with van der Waals surface area (Å²) in [6.45, 7) is 2.71. The summed E-state index contributed by atoms with van der Waals surface area (Å²) in [5.74, 6) is 0.138. The first-order valence-electron chi connectivity index (χ1n) is 5.32. The van der Waals surface area contributed by atoms with E-state index in [0.29, 0.717) is 12.1 Å². The Hall–Kier alpha value is -1.16. The zero-order valence-corrected chi connectivity index (χ0v) is 9.19. The van der Waals surface area contributed by atoms with Gasteiger partial charge in [0, 0.05) is 20.1 Å². The summed E-state index contributed by atoms with van der Waals surface area (Å²) in [5.41, 5.74) is 1.66. The van der Waals surface area contributed by atoms with Crippen molar-refractivity contribution in [3.63, 3.8) is 0 Å². The molecular formula is C11H16N2O2. The van der Waals surface area contributed by atoms with Crippen molar-refractivity contribution in [3.05, 3.63) is 17.5 Å². The van der Waals surface area contributed by atoms with Crippen LogP contribution < -0.4 is 0 Å². The van der Waals surface area contributed by atoms with E-state index < -0.39 is 0 Å². The molecule has 2 rings (SSSR count). The van der Waals surface area contributed by atoms with E-state index in [2.05, 4.69) is 5.10 Å². The van der Waals surface area contributed by atoms with Crippen molar-refractivity contribution in [2.75, 3.05) is 6.61 Å². The molecule has 1 unspecified atom stereocenters. The molecule has 1 aromatic rings. The first-order valence-corrected chi connectivity index (χ1v) is 5.32. The Kier molecular flexibility index (Phi) is 2.86. The third-order valence-electron chi connectivity index (χ3n) is 2.82. The van der Waals surface area contributed by atoms with Gasteiger partial charge in [0.15, 0.2) is 5.78 Å². The number of rotatable bonds is 3. The number of ether oxygens (including phenoxy) is 1. The average Bonchev–Trinajstić information content (AvgIpc) is 2.77. The molecule has 0 amide bonds. The highest BCUT2D eigenvalue weighted by molar-refractivity contribution is 5.96. The molecule has 0 radical (unpaired) electrons. The Morgan fingerprint density at radius 2 is 2.53 bits per heavy atom. The zero-order valence-electron chi connectivity index (χ0n) is 9.19. The summed E-state index contributed by atoms with van der Waals surface area (Å²) in [5, 5.41) is 4.07. The van der Waals surface area contributed by atoms with E-state index in [-0.39, 0.29) is 11.9 Å². The molecular weight excluding hydrogens is 192 g/mol. The molecule has 0 N–H and O–H groups in total. The first-order chi connectivity index (χ1) is 7.18. The number of aryl methyl sites for hydroxylation is 2. The molecule has 1 fully saturated rings. The quantitative estimate of drug-likeness (QED) is 0.707. The molecule has 1 atom stereocenters. The monoisotopic (exact) mass is 208 g/mol. The molecule has 2 heterocycles. The Balaban J connectivity index is 2.07. The summed E-state index contributed by atoms with van der Waals surface area (Å²) in [6.07, 6.45) is 4.40. The van der Waals surface area contributed by atoms with Crippen LogP contribution in [-0.4, -0.2) is 28.3 Å². The molecule has 0 saturated carbocycles. The van der Waals surface area contributed by atoms with Gasteiger partial charge in [-0.1, -0.05) is 0 Å². The van der Waals surface area contributed by atoms with Crippen LogP contribution in [0.25, 0.3) is 0 Å². The fourth-order valence-corrected chi connectivity index (χ4v) is 2.06. The second-order valence-electron chi connectivity index (χ2n) is 4.06. The molecule has 1 aliphatic rings. The van der Waals surface area contributed by atoms with Crippen LogP contribution in [0.1, 0.15) is 35.3 Å². The van der Waals surface area contributed by atoms with Crippen molar-refractivity contribution < 1.29 is 9.53 Å². The van der Waals surface area contributed by atoms with Crippen LogP contribution in [0.3, 0.4) is 0 Å². The molecule has 15 heavy (non-hydrogen) atoms. The number of ketones is 1. The smallest absolute Gasteiger partial charge is 0.183 e. The standard InChI is InChI=1S/C11H16N2O2/c1-8-7-12-13(2)11(8)10(14)6-9-4-3-5-15-9/h7,9H,3-6H2,1-2H3. The topological polar surface area (TPSA) is 44.1 Å². The number of Topliss-reactive ketones (excluding diaryl/α,β-unsaturated/α-hetero) is 1. The summed E-state index contributed by atoms with van der Waals surface area (Å²) < 4.78 is 7.10. The second kappa shape index (κ2) is 4.14. The number of hydrogen-bond donors (Lipinski definition) is 0. The van der Waals surface area contributed by atoms with Crippen LogP contribution in [0.5, 0.6) is 0 Å². The highest BCUT2D eigenvalue weighted by Gasteiger charge is 2.22. The molecule has 82 valence electrons. The Morgan fingerprint density at radius 1 is 1.73 bits per heavy atom. The summed E-state index contributed by atoms with van der Waals surface area (Å²) in [6, 6.07) is 0. The van der Waals surface area contributed by atoms with Crippen LogP contribution in [-0.2, 0) is 11.8 Å². The minimum atomic E-state index is 0.117. The van der Waals surface area contributed by atoms with Crippen LogP contribution in [0.4, 0.5) is 0 Å². The number of nitrogens with zero attached hydrogens (tertiary/aromatic N) is 2. The highest BCUT2D eigenvalue weighted by Crippen LogP contribution is 2.18. The molecule has 0 aromatic carbocycles. The minimum absolute atomic E-state index is 0.117. The van der Waals surface area contributed by atoms with Gasteiger partial charge in [0.2, 0.25) is 0 Å². The fraction of sp³-hybridized carbons (Fsp3) is 0.636. The maximum absolute atomic E-state index is 12.0. The van der Waals surface area contributed by atoms with Gasteiger partial charge in [-0.3, -0.25) is 9.48 Å². The van der Waals surface area contributed by atoms with Gasteiger partial charge in [-0.25, -0.2) is 0 Å². The van der Waals surface area contributed by atoms with Crippen molar-refractivity contribution in [3.8, 4) is 0 Å². The molecule has 4 heteroatoms. The average molecular weight is 208 g/mol. The Bertz CT molecular complexity index is 345. The molecule has 0 aliphatic carbocycles. The van der Waals surface area contributed by atoms with E-state index in [0.717, 1.165) is 25.0 Å². The number of hydrogen-bond acceptors (Lipinski definition) is 3. The van der Waals surface area contributed by atoms with E-state index in [4.69, 9.17) is 4.74 Å². The SMILES string of the molecule is Cc1cnn(C)c1C(=O)CC1CCCO1. The van der Waals surface area contributed by atoms with Crippen LogP contribution in [0, 0.1) is 6.92 Å². The van der Waals surface area contributed by atoms with Gasteiger partial charge in [0.25, 0.3) is 0 Å². The van der Waals surface area contributed by atoms with Crippen molar-refractivity contribution in [2.45, 2.75) is 32.3 Å². The maximum atomic E-state index is 12.0. The van der Waals surface area contributed by atoms with Gasteiger partial charge >= 0.3 is 0 Å². The van der Waals surface area contributed by atoms with Crippen LogP contribution >= 0.6 is 0 Å². The zero-order chi connectivity index (χ0) is 10.8. The molecule has 0 bridgehead atoms. The van der Waals surface area contributed by atoms with Gasteiger partial charge in [-0.2, -0.15) is 5.10 Å². The lowest BCUT2D eigenvalue weighted by Gasteiger charge is -2.08. The first kappa shape index (κ1) is 10.4. The van der Waals surface area contributed by atoms with E-state index in [1.165, 1.54) is 0 Å². The lowest BCUT2D eigenvalue weighted by atomic mass is 10.1. The molecule has 4 nitrogen and oxygen atoms in total. The van der Waals surface area contributed by atoms with Crippen LogP contribution in [0.2, 0.25) is 0 Å². The predicted molar refractivity (Wildman–Crippen MR) is 55.9 cm³/mol. The van der Waals surface area contributed by atoms with Crippen LogP contribution in [0.15, 0.2) is 6.20 Å². The molecule has 1 aromatic heterocycles. The number of aromatic nitrogens is 2. The second-order valence-corrected chi connectivity index (χ2v) is 4.06. The van der Waals surface area contributed by atoms with E-state index in [9.17, 15) is 4.79 Å². The summed E-state index contributed by atoms with van der Waals surface area (Å²) >= 11 is 0. The van der Waals surface area contributed by atoms with Crippen molar-refractivity contribution in [1.82, 2.24) is 9.78 Å². The van der Waals surface area contributed by atoms with Gasteiger partial charge in [-0.05, 0) is 25.3 Å². The Labute approximate surface area is 89.2 Å². The van der Waals surface area contributed by atoms with E-state index in [1.54, 1.807) is 17.9 Å². The summed E-state index contributed by atoms with van der Waals surface area (Å²) in [7, 11) is 1.80. The van der Waals surface area contributed by atoms with E-state index >= 15 is 0 Å². The third-order valence-corrected chi connectivity index (χ3v) is 2.82. The van der Waals surface area contributed by atoms with Crippen molar-refractivity contribution in [2.24, 2.45) is 7.05 Å². The Morgan fingerprint density at radius 3 is 3.07 bits per heavy atom. The van der Waals surface area contributed by atoms with Gasteiger partial charge < -0.3 is 4.74 Å². The largest absolute Gasteiger partial charge is 0.378 e. The normalized spacial score (nSPS) is 20.8. The molecule has 1 saturated heterocycles. The highest BCUT2D eigenvalue weighted by atomic mass is 16.5. The number of carbonyl (C=O) groups is 1. The van der Waals surface area contributed by atoms with Gasteiger partial charge in [0.1, 0.15) is 5.69 Å². The van der Waals surface area contributed by atoms with E-state index in [1.807, 2.05) is 6.92 Å². The number of carbonyl (C=O) groups excluding carboxylic acids is 1. The maximum Gasteiger partial charge on any atom is 0.183 e. The van der Waals surface area contributed by atoms with Gasteiger partial charge in [-0.15, -0.1) is 0 Å². The molecule has 1 aliphatic heterocycles. The van der Waals surface area contributed by atoms with Gasteiger partial charge in [0.05, 0.1) is 12.3 Å². The molecule has 0 spiro atoms. The third kappa shape index (κ3) is 2.09. The lowest BCUT2D eigenvalue weighted by molar-refractivity contribution is 0.0767. The lowest BCUT2D eigenvalue weighted by Crippen LogP contribution is -2.16. The minimum Gasteiger partial charge on any atom is -0.378 e. The predicted octanol–water partition coefficient (Wildman–Crippen LogP) is 1.48. The van der Waals surface area contributed by atoms with Crippen molar-refractivity contribution in [1.29, 1.82) is 0 Å².